The highest BCUT2D eigenvalue weighted by Gasteiger charge is 2.27. The quantitative estimate of drug-likeness (QED) is 0.705. The summed E-state index contributed by atoms with van der Waals surface area (Å²) in [7, 11) is -4.03. The summed E-state index contributed by atoms with van der Waals surface area (Å²) < 4.78 is 40.9. The Bertz CT molecular complexity index is 973. The zero-order valence-corrected chi connectivity index (χ0v) is 18.3. The van der Waals surface area contributed by atoms with E-state index < -0.39 is 26.6 Å². The maximum absolute atomic E-state index is 14.3. The van der Waals surface area contributed by atoms with Gasteiger partial charge in [-0.15, -0.1) is 0 Å². The van der Waals surface area contributed by atoms with Gasteiger partial charge in [0.05, 0.1) is 11.7 Å². The van der Waals surface area contributed by atoms with Gasteiger partial charge in [-0.3, -0.25) is 9.78 Å². The predicted molar refractivity (Wildman–Crippen MR) is 111 cm³/mol. The van der Waals surface area contributed by atoms with Gasteiger partial charge in [-0.2, -0.15) is 4.31 Å². The fraction of sp³-hybridized carbons (Fsp3) is 0.429. The lowest BCUT2D eigenvalue weighted by atomic mass is 9.97. The van der Waals surface area contributed by atoms with E-state index in [1.165, 1.54) is 6.07 Å². The lowest BCUT2D eigenvalue weighted by Crippen LogP contribution is -2.34. The van der Waals surface area contributed by atoms with Crippen LogP contribution >= 0.6 is 0 Å². The van der Waals surface area contributed by atoms with E-state index in [0.29, 0.717) is 0 Å². The zero-order chi connectivity index (χ0) is 21.8. The SMILES string of the molecule is CCN(CC)S(=O)(=O)c1cc(C(=O)NC(c2ncccc2C)C(C)C)ccc1F. The van der Waals surface area contributed by atoms with Crippen molar-refractivity contribution in [3.05, 3.63) is 59.2 Å². The Morgan fingerprint density at radius 3 is 2.41 bits per heavy atom. The Balaban J connectivity index is 2.40. The fourth-order valence-corrected chi connectivity index (χ4v) is 4.69. The van der Waals surface area contributed by atoms with Gasteiger partial charge in [-0.25, -0.2) is 12.8 Å². The van der Waals surface area contributed by atoms with Gasteiger partial charge in [0.15, 0.2) is 0 Å². The third kappa shape index (κ3) is 5.00. The van der Waals surface area contributed by atoms with Crippen LogP contribution in [0, 0.1) is 18.7 Å². The molecule has 2 rings (SSSR count). The van der Waals surface area contributed by atoms with Gasteiger partial charge in [0, 0.05) is 24.8 Å². The summed E-state index contributed by atoms with van der Waals surface area (Å²) in [6, 6.07) is 6.77. The van der Waals surface area contributed by atoms with Crippen molar-refractivity contribution in [2.75, 3.05) is 13.1 Å². The molecule has 0 bridgehead atoms. The van der Waals surface area contributed by atoms with Gasteiger partial charge in [0.2, 0.25) is 10.0 Å². The second-order valence-corrected chi connectivity index (χ2v) is 9.04. The normalized spacial score (nSPS) is 13.0. The number of carbonyl (C=O) groups is 1. The molecule has 0 spiro atoms. The summed E-state index contributed by atoms with van der Waals surface area (Å²) >= 11 is 0. The summed E-state index contributed by atoms with van der Waals surface area (Å²) in [4.78, 5) is 16.8. The van der Waals surface area contributed by atoms with E-state index in [2.05, 4.69) is 10.3 Å². The third-order valence-corrected chi connectivity index (χ3v) is 6.88. The lowest BCUT2D eigenvalue weighted by molar-refractivity contribution is 0.0924. The number of pyridine rings is 1. The second kappa shape index (κ2) is 9.45. The second-order valence-electron chi connectivity index (χ2n) is 7.14. The van der Waals surface area contributed by atoms with Crippen molar-refractivity contribution in [2.24, 2.45) is 5.92 Å². The van der Waals surface area contributed by atoms with Gasteiger partial charge in [-0.05, 0) is 42.7 Å². The van der Waals surface area contributed by atoms with Crippen molar-refractivity contribution in [2.45, 2.75) is 45.6 Å². The predicted octanol–water partition coefficient (Wildman–Crippen LogP) is 3.69. The zero-order valence-electron chi connectivity index (χ0n) is 17.4. The molecule has 0 aliphatic carbocycles. The minimum absolute atomic E-state index is 0.0480. The number of benzene rings is 1. The van der Waals surface area contributed by atoms with Crippen molar-refractivity contribution in [3.8, 4) is 0 Å². The molecule has 2 aromatic rings. The van der Waals surface area contributed by atoms with E-state index >= 15 is 0 Å². The van der Waals surface area contributed by atoms with E-state index in [-0.39, 0.29) is 30.6 Å². The highest BCUT2D eigenvalue weighted by molar-refractivity contribution is 7.89. The number of halogens is 1. The van der Waals surface area contributed by atoms with Crippen molar-refractivity contribution < 1.29 is 17.6 Å². The van der Waals surface area contributed by atoms with Crippen LogP contribution in [0.5, 0.6) is 0 Å². The Morgan fingerprint density at radius 2 is 1.86 bits per heavy atom. The van der Waals surface area contributed by atoms with Crippen molar-refractivity contribution >= 4 is 15.9 Å². The largest absolute Gasteiger partial charge is 0.343 e. The molecule has 8 heteroatoms. The van der Waals surface area contributed by atoms with E-state index in [0.717, 1.165) is 27.7 Å². The molecule has 1 heterocycles. The van der Waals surface area contributed by atoms with E-state index in [1.807, 2.05) is 32.9 Å². The summed E-state index contributed by atoms with van der Waals surface area (Å²) in [6.45, 7) is 9.61. The highest BCUT2D eigenvalue weighted by Crippen LogP contribution is 2.25. The van der Waals surface area contributed by atoms with E-state index in [1.54, 1.807) is 20.0 Å². The summed E-state index contributed by atoms with van der Waals surface area (Å²) in [5, 5.41) is 2.91. The molecule has 1 N–H and O–H groups in total. The van der Waals surface area contributed by atoms with Gasteiger partial charge in [0.25, 0.3) is 5.91 Å². The number of sulfonamides is 1. The van der Waals surface area contributed by atoms with Crippen LogP contribution < -0.4 is 5.32 Å². The molecule has 1 atom stereocenters. The number of nitrogens with one attached hydrogen (secondary N) is 1. The van der Waals surface area contributed by atoms with Crippen LogP contribution in [0.1, 0.15) is 55.4 Å². The number of aromatic nitrogens is 1. The fourth-order valence-electron chi connectivity index (χ4n) is 3.14. The molecule has 6 nitrogen and oxygen atoms in total. The minimum atomic E-state index is -4.03. The lowest BCUT2D eigenvalue weighted by Gasteiger charge is -2.24. The first-order chi connectivity index (χ1) is 13.6. The molecule has 0 saturated heterocycles. The Hall–Kier alpha value is -2.32. The van der Waals surface area contributed by atoms with E-state index in [4.69, 9.17) is 0 Å². The number of amides is 1. The van der Waals surface area contributed by atoms with Gasteiger partial charge < -0.3 is 5.32 Å². The maximum atomic E-state index is 14.3. The Morgan fingerprint density at radius 1 is 1.21 bits per heavy atom. The molecule has 0 radical (unpaired) electrons. The molecule has 1 unspecified atom stereocenters. The minimum Gasteiger partial charge on any atom is -0.343 e. The standard InChI is InChI=1S/C21H28FN3O3S/c1-6-25(7-2)29(27,28)18-13-16(10-11-17(18)22)21(26)24-19(14(3)4)20-15(5)9-8-12-23-20/h8-14,19H,6-7H2,1-5H3,(H,24,26). The first-order valence-electron chi connectivity index (χ1n) is 9.65. The molecular weight excluding hydrogens is 393 g/mol. The van der Waals surface area contributed by atoms with Gasteiger partial charge in [-0.1, -0.05) is 33.8 Å². The van der Waals surface area contributed by atoms with Crippen LogP contribution in [0.25, 0.3) is 0 Å². The third-order valence-electron chi connectivity index (χ3n) is 4.81. The maximum Gasteiger partial charge on any atom is 0.251 e. The number of carbonyl (C=O) groups excluding carboxylic acids is 1. The number of hydrogen-bond acceptors (Lipinski definition) is 4. The first kappa shape index (κ1) is 23.0. The smallest absolute Gasteiger partial charge is 0.251 e. The molecule has 29 heavy (non-hydrogen) atoms. The molecule has 1 aromatic carbocycles. The van der Waals surface area contributed by atoms with Crippen LogP contribution in [0.2, 0.25) is 0 Å². The number of rotatable bonds is 8. The molecule has 1 aromatic heterocycles. The molecule has 0 fully saturated rings. The first-order valence-corrected chi connectivity index (χ1v) is 11.1. The van der Waals surface area contributed by atoms with Crippen LogP contribution in [0.4, 0.5) is 4.39 Å². The molecular formula is C21H28FN3O3S. The van der Waals surface area contributed by atoms with Gasteiger partial charge in [0.1, 0.15) is 10.7 Å². The number of nitrogens with zero attached hydrogens (tertiary/aromatic N) is 2. The van der Waals surface area contributed by atoms with Crippen LogP contribution in [-0.4, -0.2) is 36.7 Å². The summed E-state index contributed by atoms with van der Waals surface area (Å²) in [5.41, 5.74) is 1.76. The Kier molecular flexibility index (Phi) is 7.48. The molecule has 0 saturated carbocycles. The van der Waals surface area contributed by atoms with Crippen molar-refractivity contribution in [1.82, 2.24) is 14.6 Å². The monoisotopic (exact) mass is 421 g/mol. The highest BCUT2D eigenvalue weighted by atomic mass is 32.2. The Labute approximate surface area is 172 Å². The van der Waals surface area contributed by atoms with E-state index in [9.17, 15) is 17.6 Å². The van der Waals surface area contributed by atoms with Crippen molar-refractivity contribution in [3.63, 3.8) is 0 Å². The van der Waals surface area contributed by atoms with Crippen molar-refractivity contribution in [1.29, 1.82) is 0 Å². The molecule has 1 amide bonds. The molecule has 0 aliphatic rings. The topological polar surface area (TPSA) is 79.4 Å². The van der Waals surface area contributed by atoms with Gasteiger partial charge >= 0.3 is 0 Å². The van der Waals surface area contributed by atoms with Crippen LogP contribution in [0.3, 0.4) is 0 Å². The number of aryl methyl sites for hydroxylation is 1. The average molecular weight is 422 g/mol. The summed E-state index contributed by atoms with van der Waals surface area (Å²) in [6.07, 6.45) is 1.66. The van der Waals surface area contributed by atoms with Crippen LogP contribution in [0.15, 0.2) is 41.4 Å². The average Bonchev–Trinajstić information content (AvgIpc) is 2.67. The number of hydrogen-bond donors (Lipinski definition) is 1. The van der Waals surface area contributed by atoms with Crippen LogP contribution in [-0.2, 0) is 10.0 Å². The summed E-state index contributed by atoms with van der Waals surface area (Å²) in [5.74, 6) is -1.31. The molecule has 0 aliphatic heterocycles. The molecule has 158 valence electrons.